The van der Waals surface area contributed by atoms with Crippen molar-refractivity contribution in [1.82, 2.24) is 4.98 Å². The van der Waals surface area contributed by atoms with E-state index in [4.69, 9.17) is 0 Å². The summed E-state index contributed by atoms with van der Waals surface area (Å²) in [5.74, 6) is -5.42. The number of amides is 2. The van der Waals surface area contributed by atoms with E-state index in [9.17, 15) is 18.4 Å². The second-order valence-electron chi connectivity index (χ2n) is 10.3. The fourth-order valence-corrected chi connectivity index (χ4v) is 5.34. The van der Waals surface area contributed by atoms with Gasteiger partial charge in [0.25, 0.3) is 11.8 Å². The molecule has 206 valence electrons. The molecular weight excluding hydrogens is 524 g/mol. The molecule has 2 aliphatic rings. The monoisotopic (exact) mass is 551 g/mol. The number of pyridine rings is 1. The molecule has 1 atom stereocenters. The molecule has 0 radical (unpaired) electrons. The van der Waals surface area contributed by atoms with Gasteiger partial charge in [0.15, 0.2) is 5.92 Å². The Morgan fingerprint density at radius 1 is 1.02 bits per heavy atom. The van der Waals surface area contributed by atoms with Gasteiger partial charge in [-0.1, -0.05) is 30.3 Å². The van der Waals surface area contributed by atoms with Crippen molar-refractivity contribution in [2.45, 2.75) is 26.2 Å². The molecule has 3 aromatic carbocycles. The molecule has 1 unspecified atom stereocenters. The number of hydrazone groups is 1. The van der Waals surface area contributed by atoms with E-state index in [-0.39, 0.29) is 11.3 Å². The zero-order chi connectivity index (χ0) is 28.7. The van der Waals surface area contributed by atoms with Crippen LogP contribution in [0.15, 0.2) is 90.3 Å². The van der Waals surface area contributed by atoms with E-state index in [2.05, 4.69) is 38.9 Å². The SMILES string of the molecule is CC1=NN(c2cc(-c3cccnc3)cc(-c3cccc4c3CCN4)c2)C(=O)C1C(=O)Nc1cccc(C(C)(F)F)c1. The van der Waals surface area contributed by atoms with Gasteiger partial charge in [-0.05, 0) is 78.1 Å². The Balaban J connectivity index is 1.35. The number of benzene rings is 3. The van der Waals surface area contributed by atoms with Crippen LogP contribution in [0.1, 0.15) is 25.0 Å². The van der Waals surface area contributed by atoms with Crippen molar-refractivity contribution in [2.24, 2.45) is 11.0 Å². The first-order valence-electron chi connectivity index (χ1n) is 13.3. The van der Waals surface area contributed by atoms with Crippen molar-refractivity contribution in [3.8, 4) is 22.3 Å². The van der Waals surface area contributed by atoms with Crippen LogP contribution in [0.25, 0.3) is 22.3 Å². The van der Waals surface area contributed by atoms with Crippen LogP contribution < -0.4 is 15.6 Å². The number of hydrogen-bond acceptors (Lipinski definition) is 5. The van der Waals surface area contributed by atoms with Gasteiger partial charge in [0.2, 0.25) is 5.91 Å². The minimum absolute atomic E-state index is 0.181. The quantitative estimate of drug-likeness (QED) is 0.269. The van der Waals surface area contributed by atoms with E-state index >= 15 is 0 Å². The Morgan fingerprint density at radius 3 is 2.61 bits per heavy atom. The van der Waals surface area contributed by atoms with Gasteiger partial charge in [0, 0.05) is 48.4 Å². The molecule has 6 rings (SSSR count). The highest BCUT2D eigenvalue weighted by atomic mass is 19.3. The largest absolute Gasteiger partial charge is 0.384 e. The Kier molecular flexibility index (Phi) is 6.57. The molecule has 0 fully saturated rings. The average Bonchev–Trinajstić information content (AvgIpc) is 3.56. The van der Waals surface area contributed by atoms with E-state index in [0.29, 0.717) is 11.4 Å². The average molecular weight is 552 g/mol. The van der Waals surface area contributed by atoms with Crippen LogP contribution >= 0.6 is 0 Å². The molecule has 3 heterocycles. The van der Waals surface area contributed by atoms with Crippen molar-refractivity contribution in [2.75, 3.05) is 22.2 Å². The number of rotatable bonds is 6. The maximum atomic E-state index is 13.8. The summed E-state index contributed by atoms with van der Waals surface area (Å²) >= 11 is 0. The number of anilines is 3. The molecule has 41 heavy (non-hydrogen) atoms. The van der Waals surface area contributed by atoms with Crippen LogP contribution in [0.3, 0.4) is 0 Å². The standard InChI is InChI=1S/C32H27F2N5O2/c1-19-29(30(40)37-24-8-3-7-23(17-24)32(2,33)34)31(41)39(38-19)25-15-21(20-6-5-12-35-18-20)14-22(16-25)26-9-4-10-28-27(26)11-13-36-28/h3-10,12,14-18,29,36H,11,13H2,1-2H3,(H,37,40). The van der Waals surface area contributed by atoms with Gasteiger partial charge in [-0.2, -0.15) is 10.1 Å². The lowest BCUT2D eigenvalue weighted by molar-refractivity contribution is -0.127. The third kappa shape index (κ3) is 5.06. The molecule has 0 spiro atoms. The molecule has 4 aromatic rings. The van der Waals surface area contributed by atoms with E-state index in [1.807, 2.05) is 30.3 Å². The molecule has 7 nitrogen and oxygen atoms in total. The first-order valence-corrected chi connectivity index (χ1v) is 13.3. The van der Waals surface area contributed by atoms with Crippen molar-refractivity contribution in [3.05, 3.63) is 96.3 Å². The third-order valence-corrected chi connectivity index (χ3v) is 7.37. The summed E-state index contributed by atoms with van der Waals surface area (Å²) in [6.45, 7) is 3.25. The van der Waals surface area contributed by atoms with Gasteiger partial charge in [0.05, 0.1) is 11.4 Å². The van der Waals surface area contributed by atoms with Crippen LogP contribution in [-0.4, -0.2) is 29.1 Å². The molecule has 0 aliphatic carbocycles. The fourth-order valence-electron chi connectivity index (χ4n) is 5.34. The molecule has 0 saturated carbocycles. The summed E-state index contributed by atoms with van der Waals surface area (Å²) in [6, 6.07) is 21.1. The predicted molar refractivity (Wildman–Crippen MR) is 156 cm³/mol. The Labute approximate surface area is 235 Å². The molecule has 2 aliphatic heterocycles. The van der Waals surface area contributed by atoms with Crippen LogP contribution in [-0.2, 0) is 21.9 Å². The normalized spacial score (nSPS) is 16.3. The summed E-state index contributed by atoms with van der Waals surface area (Å²) in [5, 5.41) is 11.7. The van der Waals surface area contributed by atoms with Crippen molar-refractivity contribution in [3.63, 3.8) is 0 Å². The Morgan fingerprint density at radius 2 is 1.83 bits per heavy atom. The van der Waals surface area contributed by atoms with E-state index in [0.717, 1.165) is 47.8 Å². The number of fused-ring (bicyclic) bond motifs is 1. The van der Waals surface area contributed by atoms with Crippen molar-refractivity contribution in [1.29, 1.82) is 0 Å². The van der Waals surface area contributed by atoms with Gasteiger partial charge >= 0.3 is 0 Å². The Hall–Kier alpha value is -4.92. The first-order chi connectivity index (χ1) is 19.7. The lowest BCUT2D eigenvalue weighted by Gasteiger charge is -2.18. The smallest absolute Gasteiger partial charge is 0.270 e. The molecule has 2 amide bonds. The van der Waals surface area contributed by atoms with Crippen LogP contribution in [0.4, 0.5) is 25.8 Å². The third-order valence-electron chi connectivity index (χ3n) is 7.37. The minimum atomic E-state index is -3.07. The number of carbonyl (C=O) groups is 2. The molecule has 9 heteroatoms. The Bertz CT molecular complexity index is 1700. The fraction of sp³-hybridized carbons (Fsp3) is 0.188. The number of nitrogens with zero attached hydrogens (tertiary/aromatic N) is 3. The van der Waals surface area contributed by atoms with Gasteiger partial charge < -0.3 is 10.6 Å². The minimum Gasteiger partial charge on any atom is -0.384 e. The van der Waals surface area contributed by atoms with E-state index in [1.54, 1.807) is 19.3 Å². The highest BCUT2D eigenvalue weighted by Crippen LogP contribution is 2.38. The maximum absolute atomic E-state index is 13.8. The van der Waals surface area contributed by atoms with Gasteiger partial charge in [-0.3, -0.25) is 14.6 Å². The lowest BCUT2D eigenvalue weighted by Crippen LogP contribution is -2.36. The zero-order valence-electron chi connectivity index (χ0n) is 22.5. The first kappa shape index (κ1) is 26.3. The van der Waals surface area contributed by atoms with Crippen molar-refractivity contribution >= 4 is 34.6 Å². The molecule has 0 saturated heterocycles. The summed E-state index contributed by atoms with van der Waals surface area (Å²) in [7, 11) is 0. The van der Waals surface area contributed by atoms with E-state index in [1.165, 1.54) is 34.8 Å². The number of carbonyl (C=O) groups excluding carboxylic acids is 2. The summed E-state index contributed by atoms with van der Waals surface area (Å²) in [6.07, 6.45) is 4.33. The molecule has 1 aromatic heterocycles. The number of alkyl halides is 2. The van der Waals surface area contributed by atoms with Crippen LogP contribution in [0.2, 0.25) is 0 Å². The van der Waals surface area contributed by atoms with Crippen molar-refractivity contribution < 1.29 is 18.4 Å². The zero-order valence-corrected chi connectivity index (χ0v) is 22.5. The van der Waals surface area contributed by atoms with Gasteiger partial charge in [-0.25, -0.2) is 8.78 Å². The molecule has 2 N–H and O–H groups in total. The topological polar surface area (TPSA) is 86.7 Å². The number of nitrogens with one attached hydrogen (secondary N) is 2. The summed E-state index contributed by atoms with van der Waals surface area (Å²) < 4.78 is 27.6. The van der Waals surface area contributed by atoms with Crippen LogP contribution in [0, 0.1) is 5.92 Å². The second kappa shape index (κ2) is 10.2. The maximum Gasteiger partial charge on any atom is 0.270 e. The summed E-state index contributed by atoms with van der Waals surface area (Å²) in [5.41, 5.74) is 6.73. The number of aromatic nitrogens is 1. The second-order valence-corrected chi connectivity index (χ2v) is 10.3. The van der Waals surface area contributed by atoms with Gasteiger partial charge in [-0.15, -0.1) is 0 Å². The summed E-state index contributed by atoms with van der Waals surface area (Å²) in [4.78, 5) is 31.2. The van der Waals surface area contributed by atoms with E-state index < -0.39 is 23.7 Å². The van der Waals surface area contributed by atoms with Crippen LogP contribution in [0.5, 0.6) is 0 Å². The molecular formula is C32H27F2N5O2. The number of halogens is 2. The highest BCUT2D eigenvalue weighted by Gasteiger charge is 2.40. The lowest BCUT2D eigenvalue weighted by atomic mass is 9.94. The highest BCUT2D eigenvalue weighted by molar-refractivity contribution is 6.28. The number of hydrogen-bond donors (Lipinski definition) is 2. The predicted octanol–water partition coefficient (Wildman–Crippen LogP) is 6.47. The molecule has 0 bridgehead atoms. The van der Waals surface area contributed by atoms with Gasteiger partial charge in [0.1, 0.15) is 0 Å².